The minimum atomic E-state index is 0.254. The van der Waals surface area contributed by atoms with Gasteiger partial charge in [-0.25, -0.2) is 0 Å². The lowest BCUT2D eigenvalue weighted by atomic mass is 10.1. The molecule has 2 aromatic carbocycles. The molecule has 1 aromatic heterocycles. The normalized spacial score (nSPS) is 11.0. The number of halogens is 1. The molecule has 0 N–H and O–H groups in total. The van der Waals surface area contributed by atoms with Crippen molar-refractivity contribution in [2.24, 2.45) is 0 Å². The summed E-state index contributed by atoms with van der Waals surface area (Å²) in [6.45, 7) is 4.34. The highest BCUT2D eigenvalue weighted by Gasteiger charge is 2.16. The molecule has 0 saturated carbocycles. The van der Waals surface area contributed by atoms with Crippen LogP contribution in [0.2, 0.25) is 0 Å². The van der Waals surface area contributed by atoms with Gasteiger partial charge in [-0.3, -0.25) is 4.79 Å². The van der Waals surface area contributed by atoms with Crippen LogP contribution in [0.4, 0.5) is 0 Å². The van der Waals surface area contributed by atoms with Crippen molar-refractivity contribution in [1.29, 1.82) is 0 Å². The molecule has 3 rings (SSSR count). The molecule has 3 aromatic rings. The number of carbonyl (C=O) groups is 1. The van der Waals surface area contributed by atoms with Crippen molar-refractivity contribution in [3.63, 3.8) is 0 Å². The standard InChI is InChI=1S/C29H37BrN2O/c1-2-3-4-5-6-7-11-16-29(33)32(23-25-13-9-8-10-14-25)24-28-15-12-21-31(28)22-26-17-19-27(30)20-18-26/h8-10,12-15,17-21H,2-7,11,16,22-24H2,1H3. The van der Waals surface area contributed by atoms with Crippen LogP contribution in [-0.2, 0) is 24.4 Å². The Hall–Kier alpha value is -2.33. The Morgan fingerprint density at radius 2 is 1.48 bits per heavy atom. The third kappa shape index (κ3) is 8.85. The number of rotatable bonds is 14. The van der Waals surface area contributed by atoms with Crippen molar-refractivity contribution in [3.05, 3.63) is 94.2 Å². The summed E-state index contributed by atoms with van der Waals surface area (Å²) in [6, 6.07) is 23.0. The van der Waals surface area contributed by atoms with E-state index in [9.17, 15) is 4.79 Å². The molecule has 1 amide bonds. The second-order valence-electron chi connectivity index (χ2n) is 8.86. The molecular weight excluding hydrogens is 472 g/mol. The zero-order valence-corrected chi connectivity index (χ0v) is 21.5. The number of nitrogens with zero attached hydrogens (tertiary/aromatic N) is 2. The van der Waals surface area contributed by atoms with E-state index >= 15 is 0 Å². The first kappa shape index (κ1) is 25.3. The third-order valence-electron chi connectivity index (χ3n) is 6.11. The van der Waals surface area contributed by atoms with Gasteiger partial charge >= 0.3 is 0 Å². The summed E-state index contributed by atoms with van der Waals surface area (Å²) < 4.78 is 3.34. The van der Waals surface area contributed by atoms with Crippen LogP contribution in [-0.4, -0.2) is 15.4 Å². The predicted octanol–water partition coefficient (Wildman–Crippen LogP) is 7.97. The van der Waals surface area contributed by atoms with Crippen molar-refractivity contribution in [2.75, 3.05) is 0 Å². The summed E-state index contributed by atoms with van der Waals surface area (Å²) in [5, 5.41) is 0. The van der Waals surface area contributed by atoms with E-state index in [1.54, 1.807) is 0 Å². The van der Waals surface area contributed by atoms with Crippen molar-refractivity contribution >= 4 is 21.8 Å². The summed E-state index contributed by atoms with van der Waals surface area (Å²) in [6.07, 6.45) is 11.3. The van der Waals surface area contributed by atoms with Crippen LogP contribution >= 0.6 is 15.9 Å². The van der Waals surface area contributed by atoms with Gasteiger partial charge in [0.1, 0.15) is 0 Å². The summed E-state index contributed by atoms with van der Waals surface area (Å²) >= 11 is 3.51. The molecular formula is C29H37BrN2O. The average Bonchev–Trinajstić information content (AvgIpc) is 3.26. The third-order valence-corrected chi connectivity index (χ3v) is 6.63. The van der Waals surface area contributed by atoms with E-state index in [0.29, 0.717) is 19.5 Å². The molecule has 0 aliphatic carbocycles. The topological polar surface area (TPSA) is 25.2 Å². The van der Waals surface area contributed by atoms with Gasteiger partial charge < -0.3 is 9.47 Å². The van der Waals surface area contributed by atoms with Crippen LogP contribution in [0.1, 0.15) is 75.1 Å². The summed E-state index contributed by atoms with van der Waals surface area (Å²) in [5.74, 6) is 0.254. The maximum Gasteiger partial charge on any atom is 0.223 e. The van der Waals surface area contributed by atoms with Crippen molar-refractivity contribution in [1.82, 2.24) is 9.47 Å². The number of unbranched alkanes of at least 4 members (excludes halogenated alkanes) is 6. The first-order chi connectivity index (χ1) is 16.2. The largest absolute Gasteiger partial charge is 0.345 e. The fraction of sp³-hybridized carbons (Fsp3) is 0.414. The SMILES string of the molecule is CCCCCCCCCC(=O)N(Cc1ccccc1)Cc1cccn1Cc1ccc(Br)cc1. The highest BCUT2D eigenvalue weighted by Crippen LogP contribution is 2.17. The van der Waals surface area contributed by atoms with Crippen LogP contribution in [0.25, 0.3) is 0 Å². The second-order valence-corrected chi connectivity index (χ2v) is 9.78. The number of carbonyl (C=O) groups excluding carboxylic acids is 1. The Morgan fingerprint density at radius 1 is 0.788 bits per heavy atom. The Labute approximate surface area is 207 Å². The number of hydrogen-bond acceptors (Lipinski definition) is 1. The Morgan fingerprint density at radius 3 is 2.21 bits per heavy atom. The maximum atomic E-state index is 13.2. The molecule has 33 heavy (non-hydrogen) atoms. The Bertz CT molecular complexity index is 949. The summed E-state index contributed by atoms with van der Waals surface area (Å²) in [7, 11) is 0. The quantitative estimate of drug-likeness (QED) is 0.202. The van der Waals surface area contributed by atoms with Gasteiger partial charge in [0.2, 0.25) is 5.91 Å². The molecule has 0 spiro atoms. The molecule has 0 aliphatic heterocycles. The van der Waals surface area contributed by atoms with Crippen LogP contribution in [0.5, 0.6) is 0 Å². The maximum absolute atomic E-state index is 13.2. The molecule has 0 saturated heterocycles. The van der Waals surface area contributed by atoms with Gasteiger partial charge in [-0.2, -0.15) is 0 Å². The molecule has 0 unspecified atom stereocenters. The van der Waals surface area contributed by atoms with Gasteiger partial charge in [-0.1, -0.05) is 104 Å². The predicted molar refractivity (Wildman–Crippen MR) is 141 cm³/mol. The van der Waals surface area contributed by atoms with E-state index in [2.05, 4.69) is 82.1 Å². The molecule has 0 bridgehead atoms. The van der Waals surface area contributed by atoms with Crippen LogP contribution < -0.4 is 0 Å². The fourth-order valence-corrected chi connectivity index (χ4v) is 4.42. The van der Waals surface area contributed by atoms with Gasteiger partial charge in [0.15, 0.2) is 0 Å². The van der Waals surface area contributed by atoms with Crippen LogP contribution in [0, 0.1) is 0 Å². The molecule has 3 nitrogen and oxygen atoms in total. The molecule has 1 heterocycles. The van der Waals surface area contributed by atoms with E-state index in [1.165, 1.54) is 48.9 Å². The monoisotopic (exact) mass is 508 g/mol. The Kier molecular flexibility index (Phi) is 10.8. The molecule has 0 aliphatic rings. The van der Waals surface area contributed by atoms with Crippen molar-refractivity contribution in [2.45, 2.75) is 77.9 Å². The van der Waals surface area contributed by atoms with E-state index in [4.69, 9.17) is 0 Å². The second kappa shape index (κ2) is 14.0. The van der Waals surface area contributed by atoms with E-state index in [0.717, 1.165) is 23.9 Å². The minimum absolute atomic E-state index is 0.254. The molecule has 0 radical (unpaired) electrons. The summed E-state index contributed by atoms with van der Waals surface area (Å²) in [4.78, 5) is 15.3. The van der Waals surface area contributed by atoms with Gasteiger partial charge in [0.25, 0.3) is 0 Å². The molecule has 176 valence electrons. The fourth-order valence-electron chi connectivity index (χ4n) is 4.16. The van der Waals surface area contributed by atoms with Gasteiger partial charge in [-0.15, -0.1) is 0 Å². The Balaban J connectivity index is 1.62. The highest BCUT2D eigenvalue weighted by molar-refractivity contribution is 9.10. The first-order valence-electron chi connectivity index (χ1n) is 12.4. The zero-order valence-electron chi connectivity index (χ0n) is 19.9. The number of hydrogen-bond donors (Lipinski definition) is 0. The van der Waals surface area contributed by atoms with Gasteiger partial charge in [0.05, 0.1) is 6.54 Å². The number of amides is 1. The lowest BCUT2D eigenvalue weighted by Gasteiger charge is -2.24. The summed E-state index contributed by atoms with van der Waals surface area (Å²) in [5.41, 5.74) is 3.60. The smallest absolute Gasteiger partial charge is 0.223 e. The van der Waals surface area contributed by atoms with Gasteiger partial charge in [0, 0.05) is 35.9 Å². The van der Waals surface area contributed by atoms with Gasteiger partial charge in [-0.05, 0) is 41.8 Å². The van der Waals surface area contributed by atoms with Crippen molar-refractivity contribution < 1.29 is 4.79 Å². The molecule has 4 heteroatoms. The van der Waals surface area contributed by atoms with E-state index < -0.39 is 0 Å². The molecule has 0 atom stereocenters. The van der Waals surface area contributed by atoms with Crippen LogP contribution in [0.15, 0.2) is 77.4 Å². The van der Waals surface area contributed by atoms with Crippen LogP contribution in [0.3, 0.4) is 0 Å². The number of aromatic nitrogens is 1. The zero-order chi connectivity index (χ0) is 23.3. The number of benzene rings is 2. The van der Waals surface area contributed by atoms with E-state index in [-0.39, 0.29) is 5.91 Å². The molecule has 0 fully saturated rings. The minimum Gasteiger partial charge on any atom is -0.345 e. The lowest BCUT2D eigenvalue weighted by Crippen LogP contribution is -2.30. The first-order valence-corrected chi connectivity index (χ1v) is 13.1. The highest BCUT2D eigenvalue weighted by atomic mass is 79.9. The average molecular weight is 510 g/mol. The lowest BCUT2D eigenvalue weighted by molar-refractivity contribution is -0.132. The van der Waals surface area contributed by atoms with E-state index in [1.807, 2.05) is 23.1 Å². The van der Waals surface area contributed by atoms with Crippen molar-refractivity contribution in [3.8, 4) is 0 Å².